The van der Waals surface area contributed by atoms with Gasteiger partial charge in [0.05, 0.1) is 0 Å². The summed E-state index contributed by atoms with van der Waals surface area (Å²) in [4.78, 5) is 2.58. The van der Waals surface area contributed by atoms with E-state index >= 15 is 0 Å². The van der Waals surface area contributed by atoms with Gasteiger partial charge in [0.2, 0.25) is 0 Å². The predicted octanol–water partition coefficient (Wildman–Crippen LogP) is 2.13. The van der Waals surface area contributed by atoms with E-state index in [1.54, 1.807) is 0 Å². The fourth-order valence-electron chi connectivity index (χ4n) is 3.18. The van der Waals surface area contributed by atoms with E-state index in [0.29, 0.717) is 6.61 Å². The van der Waals surface area contributed by atoms with Crippen LogP contribution in [0.1, 0.15) is 58.3 Å². The van der Waals surface area contributed by atoms with Gasteiger partial charge in [-0.05, 0) is 38.8 Å². The summed E-state index contributed by atoms with van der Waals surface area (Å²) >= 11 is 0. The van der Waals surface area contributed by atoms with Gasteiger partial charge in [-0.3, -0.25) is 4.90 Å². The Bertz CT molecular complexity index is 189. The molecular weight excluding hydrogens is 212 g/mol. The Morgan fingerprint density at radius 3 is 2.24 bits per heavy atom. The van der Waals surface area contributed by atoms with Crippen molar-refractivity contribution >= 4 is 0 Å². The average molecular weight is 242 g/mol. The normalized spacial score (nSPS) is 20.5. The first-order valence-electron chi connectivity index (χ1n) is 7.35. The van der Waals surface area contributed by atoms with Crippen molar-refractivity contribution in [2.45, 2.75) is 63.8 Å². The van der Waals surface area contributed by atoms with Gasteiger partial charge in [-0.15, -0.1) is 0 Å². The predicted molar refractivity (Wildman–Crippen MR) is 73.1 cm³/mol. The quantitative estimate of drug-likeness (QED) is 0.531. The Kier molecular flexibility index (Phi) is 7.09. The van der Waals surface area contributed by atoms with Gasteiger partial charge in [-0.25, -0.2) is 0 Å². The molecule has 0 unspecified atom stereocenters. The minimum absolute atomic E-state index is 0.251. The van der Waals surface area contributed by atoms with Crippen LogP contribution < -0.4 is 5.73 Å². The molecule has 0 bridgehead atoms. The van der Waals surface area contributed by atoms with Crippen LogP contribution in [0.4, 0.5) is 0 Å². The smallest absolute Gasteiger partial charge is 0.0431 e. The van der Waals surface area contributed by atoms with Crippen LogP contribution in [0, 0.1) is 0 Å². The minimum Gasteiger partial charge on any atom is -0.396 e. The van der Waals surface area contributed by atoms with Gasteiger partial charge in [0.25, 0.3) is 0 Å². The van der Waals surface area contributed by atoms with Crippen LogP contribution in [0.5, 0.6) is 0 Å². The van der Waals surface area contributed by atoms with E-state index in [2.05, 4.69) is 11.8 Å². The molecule has 1 rings (SSSR count). The topological polar surface area (TPSA) is 49.5 Å². The van der Waals surface area contributed by atoms with Crippen LogP contribution in [-0.4, -0.2) is 41.8 Å². The lowest BCUT2D eigenvalue weighted by Gasteiger charge is -2.43. The molecule has 1 saturated carbocycles. The number of likely N-dealkylation sites (N-methyl/N-ethyl adjacent to an activating group) is 1. The van der Waals surface area contributed by atoms with Gasteiger partial charge < -0.3 is 10.8 Å². The van der Waals surface area contributed by atoms with E-state index in [4.69, 9.17) is 10.8 Å². The summed E-state index contributed by atoms with van der Waals surface area (Å²) in [7, 11) is 0. The van der Waals surface area contributed by atoms with Crippen LogP contribution in [0.3, 0.4) is 0 Å². The number of hydrogen-bond donors (Lipinski definition) is 2. The molecule has 0 amide bonds. The zero-order chi connectivity index (χ0) is 12.6. The van der Waals surface area contributed by atoms with Crippen LogP contribution in [0.15, 0.2) is 0 Å². The van der Waals surface area contributed by atoms with E-state index in [1.807, 2.05) is 0 Å². The second-order valence-corrected chi connectivity index (χ2v) is 5.35. The number of hydrogen-bond acceptors (Lipinski definition) is 3. The Labute approximate surface area is 106 Å². The van der Waals surface area contributed by atoms with E-state index in [9.17, 15) is 0 Å². The fourth-order valence-corrected chi connectivity index (χ4v) is 3.18. The Morgan fingerprint density at radius 1 is 1.12 bits per heavy atom. The maximum absolute atomic E-state index is 8.89. The van der Waals surface area contributed by atoms with Gasteiger partial charge in [-0.1, -0.05) is 32.6 Å². The molecule has 0 aliphatic heterocycles. The summed E-state index contributed by atoms with van der Waals surface area (Å²) in [5, 5.41) is 8.89. The first kappa shape index (κ1) is 14.9. The summed E-state index contributed by atoms with van der Waals surface area (Å²) in [5.41, 5.74) is 6.35. The maximum Gasteiger partial charge on any atom is 0.0431 e. The van der Waals surface area contributed by atoms with Crippen molar-refractivity contribution in [3.05, 3.63) is 0 Å². The summed E-state index contributed by atoms with van der Waals surface area (Å²) in [6.45, 7) is 5.52. The highest BCUT2D eigenvalue weighted by atomic mass is 16.2. The molecule has 17 heavy (non-hydrogen) atoms. The number of aliphatic hydroxyl groups excluding tert-OH is 1. The number of nitrogens with zero attached hydrogens (tertiary/aromatic N) is 1. The molecule has 0 saturated heterocycles. The Hall–Kier alpha value is -0.120. The third kappa shape index (κ3) is 4.23. The lowest BCUT2D eigenvalue weighted by atomic mass is 9.87. The van der Waals surface area contributed by atoms with Crippen LogP contribution in [0.2, 0.25) is 0 Å². The van der Waals surface area contributed by atoms with E-state index < -0.39 is 0 Å². The highest BCUT2D eigenvalue weighted by Gasteiger charge is 2.34. The van der Waals surface area contributed by atoms with Gasteiger partial charge in [0.1, 0.15) is 0 Å². The van der Waals surface area contributed by atoms with Crippen LogP contribution in [-0.2, 0) is 0 Å². The third-order valence-corrected chi connectivity index (χ3v) is 4.30. The summed E-state index contributed by atoms with van der Waals surface area (Å²) in [6.07, 6.45) is 9.92. The number of aliphatic hydroxyl groups is 1. The second-order valence-electron chi connectivity index (χ2n) is 5.35. The SMILES string of the molecule is CCN(CCCCO)C1(CN)CCCCCC1. The lowest BCUT2D eigenvalue weighted by Crippen LogP contribution is -2.53. The van der Waals surface area contributed by atoms with Gasteiger partial charge >= 0.3 is 0 Å². The van der Waals surface area contributed by atoms with Crippen LogP contribution in [0.25, 0.3) is 0 Å². The van der Waals surface area contributed by atoms with E-state index in [0.717, 1.165) is 32.5 Å². The Balaban J connectivity index is 2.58. The summed E-state index contributed by atoms with van der Waals surface area (Å²) in [6, 6.07) is 0. The molecule has 102 valence electrons. The van der Waals surface area contributed by atoms with Crippen molar-refractivity contribution in [3.8, 4) is 0 Å². The number of unbranched alkanes of at least 4 members (excludes halogenated alkanes) is 1. The van der Waals surface area contributed by atoms with Gasteiger partial charge in [-0.2, -0.15) is 0 Å². The molecule has 0 aromatic carbocycles. The van der Waals surface area contributed by atoms with Crippen molar-refractivity contribution in [2.24, 2.45) is 5.73 Å². The standard InChI is InChI=1S/C14H30N2O/c1-2-16(11-7-8-12-17)14(13-15)9-5-3-4-6-10-14/h17H,2-13,15H2,1H3. The van der Waals surface area contributed by atoms with Crippen molar-refractivity contribution in [3.63, 3.8) is 0 Å². The summed E-state index contributed by atoms with van der Waals surface area (Å²) < 4.78 is 0. The van der Waals surface area contributed by atoms with Crippen molar-refractivity contribution in [2.75, 3.05) is 26.2 Å². The van der Waals surface area contributed by atoms with E-state index in [-0.39, 0.29) is 5.54 Å². The maximum atomic E-state index is 8.89. The lowest BCUT2D eigenvalue weighted by molar-refractivity contribution is 0.0798. The highest BCUT2D eigenvalue weighted by molar-refractivity contribution is 4.92. The van der Waals surface area contributed by atoms with Gasteiger partial charge in [0.15, 0.2) is 0 Å². The van der Waals surface area contributed by atoms with Crippen molar-refractivity contribution in [1.29, 1.82) is 0 Å². The molecule has 1 aliphatic carbocycles. The second kappa shape index (κ2) is 8.06. The molecule has 3 nitrogen and oxygen atoms in total. The van der Waals surface area contributed by atoms with Gasteiger partial charge in [0, 0.05) is 18.7 Å². The highest BCUT2D eigenvalue weighted by Crippen LogP contribution is 2.31. The van der Waals surface area contributed by atoms with Crippen LogP contribution >= 0.6 is 0 Å². The fraction of sp³-hybridized carbons (Fsp3) is 1.00. The first-order chi connectivity index (χ1) is 8.29. The molecule has 0 aromatic rings. The summed E-state index contributed by atoms with van der Waals surface area (Å²) in [5.74, 6) is 0. The molecule has 0 atom stereocenters. The van der Waals surface area contributed by atoms with E-state index in [1.165, 1.54) is 38.5 Å². The Morgan fingerprint density at radius 2 is 1.76 bits per heavy atom. The molecule has 0 radical (unpaired) electrons. The molecular formula is C14H30N2O. The van der Waals surface area contributed by atoms with Crippen molar-refractivity contribution in [1.82, 2.24) is 4.90 Å². The third-order valence-electron chi connectivity index (χ3n) is 4.30. The first-order valence-corrected chi connectivity index (χ1v) is 7.35. The van der Waals surface area contributed by atoms with Crippen molar-refractivity contribution < 1.29 is 5.11 Å². The molecule has 0 aromatic heterocycles. The molecule has 1 aliphatic rings. The minimum atomic E-state index is 0.251. The monoisotopic (exact) mass is 242 g/mol. The molecule has 3 N–H and O–H groups in total. The number of nitrogens with two attached hydrogens (primary N) is 1. The molecule has 3 heteroatoms. The average Bonchev–Trinajstić information content (AvgIpc) is 2.61. The molecule has 1 fully saturated rings. The molecule has 0 spiro atoms. The largest absolute Gasteiger partial charge is 0.396 e. The zero-order valence-corrected chi connectivity index (χ0v) is 11.5. The molecule has 0 heterocycles. The zero-order valence-electron chi connectivity index (χ0n) is 11.5. The number of rotatable bonds is 7.